The normalized spacial score (nSPS) is 10.6. The third-order valence-electron chi connectivity index (χ3n) is 4.28. The van der Waals surface area contributed by atoms with Crippen LogP contribution in [-0.2, 0) is 5.75 Å². The van der Waals surface area contributed by atoms with E-state index in [-0.39, 0.29) is 5.91 Å². The lowest BCUT2D eigenvalue weighted by Gasteiger charge is -2.13. The Morgan fingerprint density at radius 3 is 2.45 bits per heavy atom. The van der Waals surface area contributed by atoms with Gasteiger partial charge in [0.1, 0.15) is 5.75 Å². The number of hydrogen-bond donors (Lipinski definition) is 1. The summed E-state index contributed by atoms with van der Waals surface area (Å²) in [4.78, 5) is 13.9. The number of ether oxygens (including phenoxy) is 1. The van der Waals surface area contributed by atoms with Crippen LogP contribution in [-0.4, -0.2) is 12.5 Å². The van der Waals surface area contributed by atoms with Gasteiger partial charge in [0, 0.05) is 37.5 Å². The van der Waals surface area contributed by atoms with Crippen LogP contribution in [0.15, 0.2) is 65.6 Å². The number of hydrogen-bond acceptors (Lipinski definition) is 3. The molecule has 0 aromatic heterocycles. The zero-order chi connectivity index (χ0) is 20.8. The highest BCUT2D eigenvalue weighted by molar-refractivity contribution is 7.98. The third kappa shape index (κ3) is 5.92. The molecule has 1 N–H and O–H groups in total. The van der Waals surface area contributed by atoms with Gasteiger partial charge < -0.3 is 10.1 Å². The predicted molar refractivity (Wildman–Crippen MR) is 123 cm³/mol. The van der Waals surface area contributed by atoms with E-state index < -0.39 is 0 Å². The molecule has 3 aromatic carbocycles. The van der Waals surface area contributed by atoms with Gasteiger partial charge in [-0.2, -0.15) is 0 Å². The number of amides is 1. The van der Waals surface area contributed by atoms with Crippen molar-refractivity contribution in [3.8, 4) is 5.75 Å². The molecule has 3 aromatic rings. The van der Waals surface area contributed by atoms with E-state index in [1.165, 1.54) is 0 Å². The first-order chi connectivity index (χ1) is 14.0. The number of thioether (sulfide) groups is 1. The van der Waals surface area contributed by atoms with Crippen LogP contribution in [0, 0.1) is 6.92 Å². The summed E-state index contributed by atoms with van der Waals surface area (Å²) in [6.07, 6.45) is 0. The molecule has 0 saturated heterocycles. The topological polar surface area (TPSA) is 38.3 Å². The van der Waals surface area contributed by atoms with Crippen LogP contribution in [0.3, 0.4) is 0 Å². The predicted octanol–water partition coefficient (Wildman–Crippen LogP) is 7.25. The fourth-order valence-electron chi connectivity index (χ4n) is 2.75. The molecule has 6 heteroatoms. The molecule has 3 rings (SSSR count). The van der Waals surface area contributed by atoms with Crippen molar-refractivity contribution in [3.05, 3.63) is 87.4 Å². The van der Waals surface area contributed by atoms with E-state index in [4.69, 9.17) is 27.9 Å². The number of rotatable bonds is 7. The second kappa shape index (κ2) is 10.1. The highest BCUT2D eigenvalue weighted by atomic mass is 35.5. The molecule has 29 heavy (non-hydrogen) atoms. The average Bonchev–Trinajstić information content (AvgIpc) is 2.71. The van der Waals surface area contributed by atoms with Crippen LogP contribution in [0.2, 0.25) is 10.0 Å². The maximum Gasteiger partial charge on any atom is 0.255 e. The van der Waals surface area contributed by atoms with Crippen LogP contribution < -0.4 is 10.1 Å². The molecule has 0 aliphatic rings. The molecular formula is C23H21Cl2NO2S. The SMILES string of the molecule is CCOc1ccc(C(=O)Nc2cc(Cl)ccc2C)cc1CSc1ccc(Cl)cc1. The van der Waals surface area contributed by atoms with Gasteiger partial charge >= 0.3 is 0 Å². The summed E-state index contributed by atoms with van der Waals surface area (Å²) < 4.78 is 5.75. The van der Waals surface area contributed by atoms with Crippen molar-refractivity contribution < 1.29 is 9.53 Å². The second-order valence-electron chi connectivity index (χ2n) is 6.41. The molecular weight excluding hydrogens is 425 g/mol. The Bertz CT molecular complexity index is 1010. The monoisotopic (exact) mass is 445 g/mol. The largest absolute Gasteiger partial charge is 0.494 e. The van der Waals surface area contributed by atoms with Crippen molar-refractivity contribution >= 4 is 46.6 Å². The van der Waals surface area contributed by atoms with E-state index in [2.05, 4.69) is 5.32 Å². The smallest absolute Gasteiger partial charge is 0.255 e. The Morgan fingerprint density at radius 2 is 1.72 bits per heavy atom. The molecule has 0 unspecified atom stereocenters. The van der Waals surface area contributed by atoms with Gasteiger partial charge in [-0.05, 0) is 74.0 Å². The van der Waals surface area contributed by atoms with Crippen molar-refractivity contribution in [1.82, 2.24) is 0 Å². The molecule has 3 nitrogen and oxygen atoms in total. The summed E-state index contributed by atoms with van der Waals surface area (Å²) in [5.74, 6) is 1.27. The highest BCUT2D eigenvalue weighted by Gasteiger charge is 2.13. The lowest BCUT2D eigenvalue weighted by Crippen LogP contribution is -2.13. The molecule has 1 amide bonds. The van der Waals surface area contributed by atoms with Crippen LogP contribution in [0.4, 0.5) is 5.69 Å². The summed E-state index contributed by atoms with van der Waals surface area (Å²) in [6, 6.07) is 18.6. The molecule has 150 valence electrons. The fraction of sp³-hybridized carbons (Fsp3) is 0.174. The van der Waals surface area contributed by atoms with Crippen molar-refractivity contribution in [2.24, 2.45) is 0 Å². The van der Waals surface area contributed by atoms with Gasteiger partial charge in [-0.1, -0.05) is 29.3 Å². The van der Waals surface area contributed by atoms with Crippen LogP contribution in [0.1, 0.15) is 28.4 Å². The molecule has 0 fully saturated rings. The quantitative estimate of drug-likeness (QED) is 0.389. The average molecular weight is 446 g/mol. The van der Waals surface area contributed by atoms with Crippen molar-refractivity contribution in [2.75, 3.05) is 11.9 Å². The lowest BCUT2D eigenvalue weighted by molar-refractivity contribution is 0.102. The minimum Gasteiger partial charge on any atom is -0.494 e. The van der Waals surface area contributed by atoms with Crippen molar-refractivity contribution in [3.63, 3.8) is 0 Å². The summed E-state index contributed by atoms with van der Waals surface area (Å²) >= 11 is 13.7. The van der Waals surface area contributed by atoms with Gasteiger partial charge in [0.15, 0.2) is 0 Å². The number of aryl methyl sites for hydroxylation is 1. The van der Waals surface area contributed by atoms with Crippen molar-refractivity contribution in [1.29, 1.82) is 0 Å². The number of halogens is 2. The van der Waals surface area contributed by atoms with Gasteiger partial charge in [-0.25, -0.2) is 0 Å². The van der Waals surface area contributed by atoms with Gasteiger partial charge in [-0.3, -0.25) is 4.79 Å². The Labute approximate surface area is 185 Å². The first-order valence-electron chi connectivity index (χ1n) is 9.18. The molecule has 0 aliphatic carbocycles. The second-order valence-corrected chi connectivity index (χ2v) is 8.33. The summed E-state index contributed by atoms with van der Waals surface area (Å²) in [7, 11) is 0. The highest BCUT2D eigenvalue weighted by Crippen LogP contribution is 2.30. The van der Waals surface area contributed by atoms with Crippen LogP contribution >= 0.6 is 35.0 Å². The Morgan fingerprint density at radius 1 is 1.00 bits per heavy atom. The van der Waals surface area contributed by atoms with Crippen LogP contribution in [0.5, 0.6) is 5.75 Å². The van der Waals surface area contributed by atoms with Gasteiger partial charge in [0.2, 0.25) is 0 Å². The maximum atomic E-state index is 12.8. The molecule has 0 bridgehead atoms. The fourth-order valence-corrected chi connectivity index (χ4v) is 3.92. The minimum absolute atomic E-state index is 0.184. The Hall–Kier alpha value is -2.14. The molecule has 0 radical (unpaired) electrons. The first-order valence-corrected chi connectivity index (χ1v) is 10.9. The van der Waals surface area contributed by atoms with E-state index in [0.717, 1.165) is 21.8 Å². The summed E-state index contributed by atoms with van der Waals surface area (Å²) in [5.41, 5.74) is 3.18. The van der Waals surface area contributed by atoms with E-state index in [1.807, 2.05) is 56.3 Å². The molecule has 0 spiro atoms. The van der Waals surface area contributed by atoms with Gasteiger partial charge in [0.25, 0.3) is 5.91 Å². The van der Waals surface area contributed by atoms with Crippen molar-refractivity contribution in [2.45, 2.75) is 24.5 Å². The molecule has 0 aliphatic heterocycles. The lowest BCUT2D eigenvalue weighted by atomic mass is 10.1. The molecule has 0 heterocycles. The Balaban J connectivity index is 1.80. The Kier molecular flexibility index (Phi) is 7.48. The number of anilines is 1. The standard InChI is InChI=1S/C23H21Cl2NO2S/c1-3-28-22-11-5-16(23(27)26-21-13-19(25)6-4-15(21)2)12-17(22)14-29-20-9-7-18(24)8-10-20/h4-13H,3,14H2,1-2H3,(H,26,27). The van der Waals surface area contributed by atoms with Crippen LogP contribution in [0.25, 0.3) is 0 Å². The van der Waals surface area contributed by atoms with Gasteiger partial charge in [-0.15, -0.1) is 11.8 Å². The van der Waals surface area contributed by atoms with E-state index in [1.54, 1.807) is 30.0 Å². The zero-order valence-corrected chi connectivity index (χ0v) is 18.5. The first kappa shape index (κ1) is 21.6. The summed E-state index contributed by atoms with van der Waals surface area (Å²) in [6.45, 7) is 4.43. The number of benzene rings is 3. The zero-order valence-electron chi connectivity index (χ0n) is 16.2. The van der Waals surface area contributed by atoms with E-state index >= 15 is 0 Å². The van der Waals surface area contributed by atoms with Gasteiger partial charge in [0.05, 0.1) is 6.61 Å². The number of carbonyl (C=O) groups excluding carboxylic acids is 1. The summed E-state index contributed by atoms with van der Waals surface area (Å²) in [5, 5.41) is 4.23. The van der Waals surface area contributed by atoms with E-state index in [9.17, 15) is 4.79 Å². The minimum atomic E-state index is -0.184. The number of nitrogens with one attached hydrogen (secondary N) is 1. The maximum absolute atomic E-state index is 12.8. The third-order valence-corrected chi connectivity index (χ3v) is 5.83. The number of carbonyl (C=O) groups is 1. The molecule has 0 saturated carbocycles. The molecule has 0 atom stereocenters. The van der Waals surface area contributed by atoms with E-state index in [0.29, 0.717) is 33.7 Å².